The van der Waals surface area contributed by atoms with Gasteiger partial charge in [0.2, 0.25) is 0 Å². The van der Waals surface area contributed by atoms with Crippen molar-refractivity contribution in [3.05, 3.63) is 29.8 Å². The van der Waals surface area contributed by atoms with E-state index in [1.54, 1.807) is 25.1 Å². The van der Waals surface area contributed by atoms with Crippen LogP contribution in [-0.4, -0.2) is 20.5 Å². The fourth-order valence-corrected chi connectivity index (χ4v) is 2.66. The van der Waals surface area contributed by atoms with Gasteiger partial charge in [-0.3, -0.25) is 0 Å². The molecule has 0 saturated carbocycles. The van der Waals surface area contributed by atoms with Gasteiger partial charge >= 0.3 is 0 Å². The largest absolute Gasteiger partial charge is 0.300 e. The van der Waals surface area contributed by atoms with Crippen molar-refractivity contribution in [1.82, 2.24) is 0 Å². The topological polar surface area (TPSA) is 51.2 Å². The van der Waals surface area contributed by atoms with E-state index in [1.165, 1.54) is 6.26 Å². The highest BCUT2D eigenvalue weighted by molar-refractivity contribution is 7.90. The van der Waals surface area contributed by atoms with Crippen molar-refractivity contribution in [1.29, 1.82) is 0 Å². The van der Waals surface area contributed by atoms with Gasteiger partial charge in [-0.1, -0.05) is 19.1 Å². The van der Waals surface area contributed by atoms with Crippen LogP contribution in [0.25, 0.3) is 0 Å². The molecule has 18 heavy (non-hydrogen) atoms. The second kappa shape index (κ2) is 6.14. The van der Waals surface area contributed by atoms with E-state index in [-0.39, 0.29) is 11.7 Å². The van der Waals surface area contributed by atoms with Crippen LogP contribution in [0.3, 0.4) is 0 Å². The summed E-state index contributed by atoms with van der Waals surface area (Å²) in [7, 11) is -3.17. The third-order valence-electron chi connectivity index (χ3n) is 3.10. The molecular weight excluding hydrogens is 248 g/mol. The first-order valence-electron chi connectivity index (χ1n) is 6.14. The fourth-order valence-electron chi connectivity index (χ4n) is 1.98. The predicted octanol–water partition coefficient (Wildman–Crippen LogP) is 2.95. The summed E-state index contributed by atoms with van der Waals surface area (Å²) in [6, 6.07) is 7.03. The molecule has 0 N–H and O–H groups in total. The summed E-state index contributed by atoms with van der Waals surface area (Å²) < 4.78 is 23.0. The number of benzene rings is 1. The van der Waals surface area contributed by atoms with E-state index in [4.69, 9.17) is 0 Å². The van der Waals surface area contributed by atoms with Gasteiger partial charge in [-0.05, 0) is 43.4 Å². The van der Waals surface area contributed by atoms with Crippen molar-refractivity contribution in [3.63, 3.8) is 0 Å². The van der Waals surface area contributed by atoms with E-state index in [2.05, 4.69) is 6.92 Å². The maximum Gasteiger partial charge on any atom is 0.175 e. The molecule has 1 aromatic carbocycles. The first-order valence-corrected chi connectivity index (χ1v) is 8.03. The molecule has 1 unspecified atom stereocenters. The number of sulfone groups is 1. The highest BCUT2D eigenvalue weighted by atomic mass is 32.2. The van der Waals surface area contributed by atoms with E-state index < -0.39 is 9.84 Å². The van der Waals surface area contributed by atoms with Crippen LogP contribution in [0.5, 0.6) is 0 Å². The van der Waals surface area contributed by atoms with Gasteiger partial charge in [0.15, 0.2) is 9.84 Å². The highest BCUT2D eigenvalue weighted by Gasteiger charge is 2.13. The molecule has 0 saturated heterocycles. The van der Waals surface area contributed by atoms with Crippen LogP contribution in [0.15, 0.2) is 29.2 Å². The van der Waals surface area contributed by atoms with Gasteiger partial charge in [-0.15, -0.1) is 0 Å². The standard InChI is InChI=1S/C14H20O3S/c1-4-12(9-8-11(2)15)13-6-5-7-14(10-13)18(3,16)17/h5-7,10,12H,4,8-9H2,1-3H3. The lowest BCUT2D eigenvalue weighted by atomic mass is 9.91. The molecule has 0 spiro atoms. The van der Waals surface area contributed by atoms with Crippen molar-refractivity contribution in [2.75, 3.05) is 6.26 Å². The molecule has 3 nitrogen and oxygen atoms in total. The van der Waals surface area contributed by atoms with Crippen LogP contribution in [-0.2, 0) is 14.6 Å². The Kier molecular flexibility index (Phi) is 5.08. The van der Waals surface area contributed by atoms with Crippen LogP contribution in [0.2, 0.25) is 0 Å². The molecule has 0 amide bonds. The smallest absolute Gasteiger partial charge is 0.175 e. The lowest BCUT2D eigenvalue weighted by molar-refractivity contribution is -0.117. The Bertz CT molecular complexity index is 518. The maximum absolute atomic E-state index is 11.5. The molecule has 0 aliphatic heterocycles. The quantitative estimate of drug-likeness (QED) is 0.797. The van der Waals surface area contributed by atoms with E-state index in [0.717, 1.165) is 18.4 Å². The lowest BCUT2D eigenvalue weighted by Gasteiger charge is -2.15. The highest BCUT2D eigenvalue weighted by Crippen LogP contribution is 2.26. The Morgan fingerprint density at radius 2 is 2.00 bits per heavy atom. The summed E-state index contributed by atoms with van der Waals surface area (Å²) in [4.78, 5) is 11.4. The van der Waals surface area contributed by atoms with Crippen LogP contribution >= 0.6 is 0 Å². The van der Waals surface area contributed by atoms with Gasteiger partial charge in [-0.2, -0.15) is 0 Å². The average molecular weight is 268 g/mol. The molecule has 0 heterocycles. The Balaban J connectivity index is 2.96. The molecule has 0 aromatic heterocycles. The third-order valence-corrected chi connectivity index (χ3v) is 4.21. The normalized spacial score (nSPS) is 13.3. The number of hydrogen-bond donors (Lipinski definition) is 0. The molecule has 0 radical (unpaired) electrons. The Hall–Kier alpha value is -1.16. The second-order valence-corrected chi connectivity index (χ2v) is 6.71. The summed E-state index contributed by atoms with van der Waals surface area (Å²) in [6.07, 6.45) is 3.43. The minimum Gasteiger partial charge on any atom is -0.300 e. The van der Waals surface area contributed by atoms with E-state index in [0.29, 0.717) is 11.3 Å². The molecule has 0 fully saturated rings. The van der Waals surface area contributed by atoms with Gasteiger partial charge in [-0.25, -0.2) is 8.42 Å². The molecule has 0 aliphatic carbocycles. The number of carbonyl (C=O) groups is 1. The molecular formula is C14H20O3S. The first-order chi connectivity index (χ1) is 8.34. The first kappa shape index (κ1) is 14.9. The van der Waals surface area contributed by atoms with Crippen molar-refractivity contribution in [3.8, 4) is 0 Å². The third kappa shape index (κ3) is 4.26. The molecule has 1 aromatic rings. The molecule has 0 aliphatic rings. The molecule has 100 valence electrons. The zero-order chi connectivity index (χ0) is 13.8. The zero-order valence-electron chi connectivity index (χ0n) is 11.1. The van der Waals surface area contributed by atoms with Crippen LogP contribution in [0.4, 0.5) is 0 Å². The number of rotatable bonds is 6. The maximum atomic E-state index is 11.5. The Morgan fingerprint density at radius 1 is 1.33 bits per heavy atom. The van der Waals surface area contributed by atoms with Crippen molar-refractivity contribution in [2.24, 2.45) is 0 Å². The van der Waals surface area contributed by atoms with Crippen molar-refractivity contribution >= 4 is 15.6 Å². The summed E-state index contributed by atoms with van der Waals surface area (Å²) in [6.45, 7) is 3.64. The van der Waals surface area contributed by atoms with E-state index >= 15 is 0 Å². The number of carbonyl (C=O) groups excluding carboxylic acids is 1. The number of hydrogen-bond acceptors (Lipinski definition) is 3. The minimum atomic E-state index is -3.17. The minimum absolute atomic E-state index is 0.174. The summed E-state index contributed by atoms with van der Waals surface area (Å²) >= 11 is 0. The SMILES string of the molecule is CCC(CCC(C)=O)c1cccc(S(C)(=O)=O)c1. The fraction of sp³-hybridized carbons (Fsp3) is 0.500. The van der Waals surface area contributed by atoms with Crippen molar-refractivity contribution in [2.45, 2.75) is 43.9 Å². The summed E-state index contributed by atoms with van der Waals surface area (Å²) in [5.41, 5.74) is 1.00. The van der Waals surface area contributed by atoms with Gasteiger partial charge in [0.05, 0.1) is 4.90 Å². The van der Waals surface area contributed by atoms with Crippen LogP contribution < -0.4 is 0 Å². The van der Waals surface area contributed by atoms with Gasteiger partial charge < -0.3 is 4.79 Å². The van der Waals surface area contributed by atoms with Gasteiger partial charge in [0.1, 0.15) is 5.78 Å². The average Bonchev–Trinajstić information content (AvgIpc) is 2.29. The summed E-state index contributed by atoms with van der Waals surface area (Å²) in [5, 5.41) is 0. The van der Waals surface area contributed by atoms with Gasteiger partial charge in [0, 0.05) is 12.7 Å². The monoisotopic (exact) mass is 268 g/mol. The summed E-state index contributed by atoms with van der Waals surface area (Å²) in [5.74, 6) is 0.420. The van der Waals surface area contributed by atoms with Crippen molar-refractivity contribution < 1.29 is 13.2 Å². The number of ketones is 1. The predicted molar refractivity (Wildman–Crippen MR) is 72.5 cm³/mol. The van der Waals surface area contributed by atoms with Crippen LogP contribution in [0, 0.1) is 0 Å². The lowest BCUT2D eigenvalue weighted by Crippen LogP contribution is -2.03. The Labute approximate surface area is 109 Å². The molecule has 1 rings (SSSR count). The molecule has 4 heteroatoms. The Morgan fingerprint density at radius 3 is 2.50 bits per heavy atom. The van der Waals surface area contributed by atoms with Crippen LogP contribution in [0.1, 0.15) is 44.6 Å². The van der Waals surface area contributed by atoms with E-state index in [1.807, 2.05) is 6.07 Å². The number of Topliss-reactive ketones (excluding diaryl/α,β-unsaturated/α-hetero) is 1. The molecule has 0 bridgehead atoms. The van der Waals surface area contributed by atoms with Gasteiger partial charge in [0.25, 0.3) is 0 Å². The second-order valence-electron chi connectivity index (χ2n) is 4.69. The van der Waals surface area contributed by atoms with E-state index in [9.17, 15) is 13.2 Å². The molecule has 1 atom stereocenters. The zero-order valence-corrected chi connectivity index (χ0v) is 12.0.